The summed E-state index contributed by atoms with van der Waals surface area (Å²) in [5.41, 5.74) is 6.79. The predicted octanol–water partition coefficient (Wildman–Crippen LogP) is 2.53. The first-order valence-electron chi connectivity index (χ1n) is 5.42. The number of nitrogen functional groups attached to an aromatic ring is 1. The lowest BCUT2D eigenvalue weighted by atomic mass is 9.99. The Morgan fingerprint density at radius 3 is 2.75 bits per heavy atom. The number of aromatic nitrogens is 1. The van der Waals surface area contributed by atoms with Crippen molar-refractivity contribution in [3.05, 3.63) is 17.8 Å². The Kier molecular flexibility index (Phi) is 3.73. The van der Waals surface area contributed by atoms with Crippen molar-refractivity contribution in [3.63, 3.8) is 0 Å². The van der Waals surface area contributed by atoms with Gasteiger partial charge < -0.3 is 11.1 Å². The minimum absolute atomic E-state index is 0.0377. The van der Waals surface area contributed by atoms with Crippen molar-refractivity contribution in [1.29, 1.82) is 5.26 Å². The van der Waals surface area contributed by atoms with Gasteiger partial charge >= 0.3 is 0 Å². The smallest absolute Gasteiger partial charge is 0.149 e. The van der Waals surface area contributed by atoms with Crippen molar-refractivity contribution in [1.82, 2.24) is 4.98 Å². The number of hydrogen-bond acceptors (Lipinski definition) is 4. The molecule has 0 bridgehead atoms. The van der Waals surface area contributed by atoms with Crippen LogP contribution >= 0.6 is 0 Å². The second-order valence-corrected chi connectivity index (χ2v) is 4.53. The highest BCUT2D eigenvalue weighted by Gasteiger charge is 2.17. The van der Waals surface area contributed by atoms with Crippen molar-refractivity contribution < 1.29 is 0 Å². The molecule has 0 fully saturated rings. The molecule has 16 heavy (non-hydrogen) atoms. The number of hydrogen-bond donors (Lipinski definition) is 2. The molecule has 0 aromatic carbocycles. The molecule has 0 saturated heterocycles. The largest absolute Gasteiger partial charge is 0.396 e. The molecule has 1 rings (SSSR count). The third kappa shape index (κ3) is 3.13. The fourth-order valence-electron chi connectivity index (χ4n) is 1.66. The van der Waals surface area contributed by atoms with E-state index in [1.165, 1.54) is 6.20 Å². The zero-order valence-electron chi connectivity index (χ0n) is 10.0. The van der Waals surface area contributed by atoms with E-state index < -0.39 is 0 Å². The Balaban J connectivity index is 2.86. The van der Waals surface area contributed by atoms with Crippen molar-refractivity contribution in [3.8, 4) is 6.07 Å². The van der Waals surface area contributed by atoms with Gasteiger partial charge in [-0.3, -0.25) is 0 Å². The van der Waals surface area contributed by atoms with E-state index >= 15 is 0 Å². The Morgan fingerprint density at radius 1 is 1.56 bits per heavy atom. The third-order valence-corrected chi connectivity index (χ3v) is 2.38. The molecule has 0 aliphatic carbocycles. The van der Waals surface area contributed by atoms with Gasteiger partial charge in [-0.2, -0.15) is 5.26 Å². The van der Waals surface area contributed by atoms with Gasteiger partial charge in [-0.15, -0.1) is 0 Å². The monoisotopic (exact) mass is 218 g/mol. The van der Waals surface area contributed by atoms with Crippen LogP contribution in [0.3, 0.4) is 0 Å². The molecule has 0 radical (unpaired) electrons. The first kappa shape index (κ1) is 12.3. The highest BCUT2D eigenvalue weighted by molar-refractivity contribution is 5.63. The van der Waals surface area contributed by atoms with Crippen LogP contribution in [0.25, 0.3) is 0 Å². The molecule has 4 heteroatoms. The maximum atomic E-state index is 8.70. The van der Waals surface area contributed by atoms with E-state index in [9.17, 15) is 0 Å². The van der Waals surface area contributed by atoms with Crippen LogP contribution in [0, 0.1) is 11.3 Å². The quantitative estimate of drug-likeness (QED) is 0.814. The summed E-state index contributed by atoms with van der Waals surface area (Å²) in [6.07, 6.45) is 3.66. The van der Waals surface area contributed by atoms with Gasteiger partial charge in [0, 0.05) is 11.7 Å². The summed E-state index contributed by atoms with van der Waals surface area (Å²) in [5.74, 6) is 0.650. The maximum absolute atomic E-state index is 8.70. The lowest BCUT2D eigenvalue weighted by molar-refractivity contribution is 0.509. The van der Waals surface area contributed by atoms with Crippen LogP contribution in [0.5, 0.6) is 0 Å². The van der Waals surface area contributed by atoms with E-state index in [1.807, 2.05) is 6.07 Å². The lowest BCUT2D eigenvalue weighted by Crippen LogP contribution is -2.31. The Bertz CT molecular complexity index is 404. The summed E-state index contributed by atoms with van der Waals surface area (Å²) in [6.45, 7) is 6.35. The molecule has 1 aromatic heterocycles. The van der Waals surface area contributed by atoms with Crippen LogP contribution in [0.15, 0.2) is 12.3 Å². The summed E-state index contributed by atoms with van der Waals surface area (Å²) in [5, 5.41) is 12.0. The molecular formula is C12H18N4. The average molecular weight is 218 g/mol. The zero-order chi connectivity index (χ0) is 12.2. The normalized spacial score (nSPS) is 10.9. The molecule has 0 amide bonds. The van der Waals surface area contributed by atoms with Crippen LogP contribution in [-0.2, 0) is 0 Å². The van der Waals surface area contributed by atoms with Crippen molar-refractivity contribution in [2.45, 2.75) is 39.2 Å². The summed E-state index contributed by atoms with van der Waals surface area (Å²) in [6, 6.07) is 3.65. The molecule has 1 heterocycles. The fraction of sp³-hybridized carbons (Fsp3) is 0.500. The number of nitrogens with two attached hydrogens (primary N) is 1. The number of nitriles is 1. The topological polar surface area (TPSA) is 74.7 Å². The van der Waals surface area contributed by atoms with Crippen molar-refractivity contribution in [2.24, 2.45) is 0 Å². The third-order valence-electron chi connectivity index (χ3n) is 2.38. The molecule has 3 N–H and O–H groups in total. The number of rotatable bonds is 4. The second-order valence-electron chi connectivity index (χ2n) is 4.53. The molecule has 0 atom stereocenters. The minimum atomic E-state index is -0.0377. The molecule has 4 nitrogen and oxygen atoms in total. The molecule has 0 aliphatic rings. The summed E-state index contributed by atoms with van der Waals surface area (Å²) in [7, 11) is 0. The molecule has 1 aromatic rings. The minimum Gasteiger partial charge on any atom is -0.396 e. The van der Waals surface area contributed by atoms with Crippen LogP contribution in [0.1, 0.15) is 39.2 Å². The molecular weight excluding hydrogens is 200 g/mol. The van der Waals surface area contributed by atoms with Crippen LogP contribution in [0.2, 0.25) is 0 Å². The molecule has 0 spiro atoms. The highest BCUT2D eigenvalue weighted by Crippen LogP contribution is 2.23. The van der Waals surface area contributed by atoms with Crippen LogP contribution in [-0.4, -0.2) is 10.5 Å². The average Bonchev–Trinajstić information content (AvgIpc) is 2.20. The Labute approximate surface area is 96.5 Å². The molecule has 86 valence electrons. The van der Waals surface area contributed by atoms with E-state index in [1.54, 1.807) is 6.07 Å². The molecule has 0 aliphatic heterocycles. The number of nitrogens with zero attached hydrogens (tertiary/aromatic N) is 2. The lowest BCUT2D eigenvalue weighted by Gasteiger charge is -2.27. The van der Waals surface area contributed by atoms with E-state index in [-0.39, 0.29) is 5.54 Å². The summed E-state index contributed by atoms with van der Waals surface area (Å²) >= 11 is 0. The predicted molar refractivity (Wildman–Crippen MR) is 66.0 cm³/mol. The fourth-order valence-corrected chi connectivity index (χ4v) is 1.66. The first-order chi connectivity index (χ1) is 7.48. The van der Waals surface area contributed by atoms with Crippen LogP contribution in [0.4, 0.5) is 11.5 Å². The van der Waals surface area contributed by atoms with Gasteiger partial charge in [0.1, 0.15) is 11.9 Å². The Hall–Kier alpha value is -1.76. The van der Waals surface area contributed by atoms with Gasteiger partial charge in [0.15, 0.2) is 0 Å². The zero-order valence-corrected chi connectivity index (χ0v) is 10.0. The van der Waals surface area contributed by atoms with Gasteiger partial charge in [0.05, 0.1) is 11.3 Å². The van der Waals surface area contributed by atoms with Gasteiger partial charge in [0.25, 0.3) is 0 Å². The van der Waals surface area contributed by atoms with E-state index in [2.05, 4.69) is 31.1 Å². The Morgan fingerprint density at radius 2 is 2.25 bits per heavy atom. The van der Waals surface area contributed by atoms with Gasteiger partial charge in [-0.25, -0.2) is 4.98 Å². The van der Waals surface area contributed by atoms with Crippen LogP contribution < -0.4 is 11.1 Å². The van der Waals surface area contributed by atoms with E-state index in [4.69, 9.17) is 11.0 Å². The molecule has 0 saturated carbocycles. The first-order valence-corrected chi connectivity index (χ1v) is 5.42. The maximum Gasteiger partial charge on any atom is 0.149 e. The second kappa shape index (κ2) is 4.84. The van der Waals surface area contributed by atoms with Crippen molar-refractivity contribution >= 4 is 11.5 Å². The standard InChI is InChI=1S/C12H18N4/c1-4-5-12(2,3)16-11-10(14)6-9(7-13)8-15-11/h6,8H,4-5,14H2,1-3H3,(H,15,16). The number of anilines is 2. The molecule has 0 unspecified atom stereocenters. The SMILES string of the molecule is CCCC(C)(C)Nc1ncc(C#N)cc1N. The van der Waals surface area contributed by atoms with E-state index in [0.717, 1.165) is 12.8 Å². The summed E-state index contributed by atoms with van der Waals surface area (Å²) < 4.78 is 0. The summed E-state index contributed by atoms with van der Waals surface area (Å²) in [4.78, 5) is 4.16. The van der Waals surface area contributed by atoms with Gasteiger partial charge in [-0.05, 0) is 26.3 Å². The van der Waals surface area contributed by atoms with Gasteiger partial charge in [-0.1, -0.05) is 13.3 Å². The number of nitrogens with one attached hydrogen (secondary N) is 1. The van der Waals surface area contributed by atoms with E-state index in [0.29, 0.717) is 17.1 Å². The number of pyridine rings is 1. The highest BCUT2D eigenvalue weighted by atomic mass is 15.1. The van der Waals surface area contributed by atoms with Crippen molar-refractivity contribution in [2.75, 3.05) is 11.1 Å². The van der Waals surface area contributed by atoms with Gasteiger partial charge in [0.2, 0.25) is 0 Å².